The molecule has 0 aromatic heterocycles. The Morgan fingerprint density at radius 2 is 1.72 bits per heavy atom. The van der Waals surface area contributed by atoms with E-state index in [2.05, 4.69) is 34.9 Å². The molecule has 2 aromatic carbocycles. The highest BCUT2D eigenvalue weighted by atomic mass is 16.5. The average Bonchev–Trinajstić information content (AvgIpc) is 2.46. The largest absolute Gasteiger partial charge is 0.495 e. The molecule has 2 N–H and O–H groups in total. The van der Waals surface area contributed by atoms with Crippen LogP contribution in [0.2, 0.25) is 0 Å². The maximum atomic E-state index is 5.30. The van der Waals surface area contributed by atoms with Crippen molar-refractivity contribution in [3.63, 3.8) is 0 Å². The van der Waals surface area contributed by atoms with Crippen LogP contribution < -0.4 is 15.4 Å². The summed E-state index contributed by atoms with van der Waals surface area (Å²) in [5, 5.41) is 6.48. The molecule has 0 spiro atoms. The third kappa shape index (κ3) is 2.94. The molecule has 0 aliphatic rings. The summed E-state index contributed by atoms with van der Waals surface area (Å²) in [6, 6.07) is 16.3. The molecule has 0 heterocycles. The topological polar surface area (TPSA) is 33.3 Å². The number of para-hydroxylation sites is 2. The van der Waals surface area contributed by atoms with Gasteiger partial charge in [-0.1, -0.05) is 24.3 Å². The van der Waals surface area contributed by atoms with Crippen LogP contribution in [-0.2, 0) is 6.54 Å². The van der Waals surface area contributed by atoms with Crippen LogP contribution in [0, 0.1) is 0 Å². The van der Waals surface area contributed by atoms with Gasteiger partial charge in [0.05, 0.1) is 12.8 Å². The van der Waals surface area contributed by atoms with Crippen molar-refractivity contribution >= 4 is 11.4 Å². The van der Waals surface area contributed by atoms with Crippen LogP contribution in [0.4, 0.5) is 11.4 Å². The molecule has 0 radical (unpaired) electrons. The summed E-state index contributed by atoms with van der Waals surface area (Å²) >= 11 is 0. The second-order valence-corrected chi connectivity index (χ2v) is 4.00. The van der Waals surface area contributed by atoms with Crippen LogP contribution in [-0.4, -0.2) is 14.2 Å². The van der Waals surface area contributed by atoms with Gasteiger partial charge in [0.15, 0.2) is 0 Å². The number of benzene rings is 2. The van der Waals surface area contributed by atoms with E-state index in [1.54, 1.807) is 7.11 Å². The summed E-state index contributed by atoms with van der Waals surface area (Å²) in [5.74, 6) is 0.865. The van der Waals surface area contributed by atoms with Gasteiger partial charge in [0, 0.05) is 19.3 Å². The first-order valence-corrected chi connectivity index (χ1v) is 5.97. The van der Waals surface area contributed by atoms with Crippen molar-refractivity contribution in [3.05, 3.63) is 54.1 Å². The predicted octanol–water partition coefficient (Wildman–Crippen LogP) is 3.35. The fraction of sp³-hybridized carbons (Fsp3) is 0.200. The van der Waals surface area contributed by atoms with Gasteiger partial charge in [-0.2, -0.15) is 0 Å². The third-order valence-corrected chi connectivity index (χ3v) is 2.83. The van der Waals surface area contributed by atoms with Crippen molar-refractivity contribution in [3.8, 4) is 5.75 Å². The molecule has 3 heteroatoms. The molecular formula is C15H18N2O. The fourth-order valence-corrected chi connectivity index (χ4v) is 1.78. The number of nitrogens with one attached hydrogen (secondary N) is 2. The lowest BCUT2D eigenvalue weighted by atomic mass is 10.2. The van der Waals surface area contributed by atoms with E-state index >= 15 is 0 Å². The molecule has 0 bridgehead atoms. The van der Waals surface area contributed by atoms with E-state index in [4.69, 9.17) is 4.74 Å². The van der Waals surface area contributed by atoms with Crippen LogP contribution in [0.3, 0.4) is 0 Å². The first-order valence-electron chi connectivity index (χ1n) is 5.97. The van der Waals surface area contributed by atoms with Crippen LogP contribution >= 0.6 is 0 Å². The minimum Gasteiger partial charge on any atom is -0.495 e. The summed E-state index contributed by atoms with van der Waals surface area (Å²) in [6.07, 6.45) is 0. The van der Waals surface area contributed by atoms with E-state index < -0.39 is 0 Å². The summed E-state index contributed by atoms with van der Waals surface area (Å²) in [5.41, 5.74) is 3.37. The van der Waals surface area contributed by atoms with Crippen molar-refractivity contribution in [1.29, 1.82) is 0 Å². The summed E-state index contributed by atoms with van der Waals surface area (Å²) in [7, 11) is 3.60. The lowest BCUT2D eigenvalue weighted by Gasteiger charge is -2.11. The van der Waals surface area contributed by atoms with Crippen LogP contribution in [0.25, 0.3) is 0 Å². The van der Waals surface area contributed by atoms with Gasteiger partial charge in [-0.25, -0.2) is 0 Å². The maximum Gasteiger partial charge on any atom is 0.141 e. The van der Waals surface area contributed by atoms with Gasteiger partial charge in [0.1, 0.15) is 5.75 Å². The molecule has 18 heavy (non-hydrogen) atoms. The standard InChI is InChI=1S/C15H18N2O/c1-16-13-9-7-12(8-10-13)11-17-14-5-3-4-6-15(14)18-2/h3-10,16-17H,11H2,1-2H3. The monoisotopic (exact) mass is 242 g/mol. The molecule has 0 unspecified atom stereocenters. The molecular weight excluding hydrogens is 224 g/mol. The molecule has 3 nitrogen and oxygen atoms in total. The highest BCUT2D eigenvalue weighted by Gasteiger charge is 2.00. The SMILES string of the molecule is CNc1ccc(CNc2ccccc2OC)cc1. The van der Waals surface area contributed by atoms with Crippen molar-refractivity contribution in [2.24, 2.45) is 0 Å². The Bertz CT molecular complexity index is 494. The van der Waals surface area contributed by atoms with Gasteiger partial charge in [-0.15, -0.1) is 0 Å². The Kier molecular flexibility index (Phi) is 4.07. The third-order valence-electron chi connectivity index (χ3n) is 2.83. The number of hydrogen-bond donors (Lipinski definition) is 2. The molecule has 94 valence electrons. The first-order chi connectivity index (χ1) is 8.83. The molecule has 0 fully saturated rings. The van der Waals surface area contributed by atoms with Crippen LogP contribution in [0.15, 0.2) is 48.5 Å². The van der Waals surface area contributed by atoms with E-state index in [-0.39, 0.29) is 0 Å². The molecule has 0 aliphatic carbocycles. The van der Waals surface area contributed by atoms with Crippen LogP contribution in [0.5, 0.6) is 5.75 Å². The lowest BCUT2D eigenvalue weighted by molar-refractivity contribution is 0.416. The van der Waals surface area contributed by atoms with E-state index in [1.165, 1.54) is 5.56 Å². The smallest absolute Gasteiger partial charge is 0.141 e. The molecule has 0 aliphatic heterocycles. The van der Waals surface area contributed by atoms with Gasteiger partial charge in [0.2, 0.25) is 0 Å². The number of rotatable bonds is 5. The molecule has 2 rings (SSSR count). The molecule has 0 saturated carbocycles. The number of ether oxygens (including phenoxy) is 1. The zero-order chi connectivity index (χ0) is 12.8. The second kappa shape index (κ2) is 5.96. The number of anilines is 2. The average molecular weight is 242 g/mol. The van der Waals surface area contributed by atoms with Crippen molar-refractivity contribution in [1.82, 2.24) is 0 Å². The van der Waals surface area contributed by atoms with E-state index in [9.17, 15) is 0 Å². The quantitative estimate of drug-likeness (QED) is 0.843. The zero-order valence-corrected chi connectivity index (χ0v) is 10.7. The second-order valence-electron chi connectivity index (χ2n) is 4.00. The van der Waals surface area contributed by atoms with Crippen molar-refractivity contribution in [2.45, 2.75) is 6.54 Å². The fourth-order valence-electron chi connectivity index (χ4n) is 1.78. The van der Waals surface area contributed by atoms with Crippen molar-refractivity contribution < 1.29 is 4.74 Å². The maximum absolute atomic E-state index is 5.30. The Morgan fingerprint density at radius 3 is 2.39 bits per heavy atom. The normalized spacial score (nSPS) is 9.89. The van der Waals surface area contributed by atoms with E-state index in [0.717, 1.165) is 23.7 Å². The van der Waals surface area contributed by atoms with Crippen LogP contribution in [0.1, 0.15) is 5.56 Å². The highest BCUT2D eigenvalue weighted by molar-refractivity contribution is 5.56. The molecule has 0 amide bonds. The predicted molar refractivity (Wildman–Crippen MR) is 76.3 cm³/mol. The number of methoxy groups -OCH3 is 1. The Balaban J connectivity index is 2.02. The minimum absolute atomic E-state index is 0.782. The minimum atomic E-state index is 0.782. The summed E-state index contributed by atoms with van der Waals surface area (Å²) < 4.78 is 5.30. The van der Waals surface area contributed by atoms with E-state index in [1.807, 2.05) is 31.3 Å². The van der Waals surface area contributed by atoms with Gasteiger partial charge in [-0.3, -0.25) is 0 Å². The highest BCUT2D eigenvalue weighted by Crippen LogP contribution is 2.23. The Hall–Kier alpha value is -2.16. The van der Waals surface area contributed by atoms with Gasteiger partial charge in [0.25, 0.3) is 0 Å². The van der Waals surface area contributed by atoms with E-state index in [0.29, 0.717) is 0 Å². The first kappa shape index (κ1) is 12.3. The molecule has 0 saturated heterocycles. The number of hydrogen-bond acceptors (Lipinski definition) is 3. The summed E-state index contributed by atoms with van der Waals surface area (Å²) in [4.78, 5) is 0. The lowest BCUT2D eigenvalue weighted by Crippen LogP contribution is -2.01. The van der Waals surface area contributed by atoms with Crippen molar-refractivity contribution in [2.75, 3.05) is 24.8 Å². The Labute approximate surface area is 108 Å². The summed E-state index contributed by atoms with van der Waals surface area (Å²) in [6.45, 7) is 0.782. The molecule has 2 aromatic rings. The molecule has 0 atom stereocenters. The van der Waals surface area contributed by atoms with Gasteiger partial charge < -0.3 is 15.4 Å². The zero-order valence-electron chi connectivity index (χ0n) is 10.7. The van der Waals surface area contributed by atoms with Gasteiger partial charge >= 0.3 is 0 Å². The Morgan fingerprint density at radius 1 is 1.00 bits per heavy atom. The van der Waals surface area contributed by atoms with Gasteiger partial charge in [-0.05, 0) is 29.8 Å².